The number of aromatic nitrogens is 2. The average Bonchev–Trinajstić information content (AvgIpc) is 3.27. The van der Waals surface area contributed by atoms with Crippen LogP contribution in [0.15, 0.2) is 29.1 Å². The first kappa shape index (κ1) is 26.4. The van der Waals surface area contributed by atoms with Crippen molar-refractivity contribution < 1.29 is 28.9 Å². The monoisotopic (exact) mass is 556 g/mol. The highest BCUT2D eigenvalue weighted by atomic mass is 33.1. The minimum absolute atomic E-state index is 0.0642. The number of carbonyl (C=O) groups excluding carboxylic acids is 2. The lowest BCUT2D eigenvalue weighted by atomic mass is 9.85. The van der Waals surface area contributed by atoms with Gasteiger partial charge in [-0.1, -0.05) is 42.4 Å². The van der Waals surface area contributed by atoms with Crippen LogP contribution in [0.25, 0.3) is 22.3 Å². The van der Waals surface area contributed by atoms with Crippen LogP contribution in [0.5, 0.6) is 5.75 Å². The molecule has 2 aliphatic heterocycles. The summed E-state index contributed by atoms with van der Waals surface area (Å²) >= 11 is 0. The zero-order chi connectivity index (χ0) is 27.0. The van der Waals surface area contributed by atoms with Crippen LogP contribution in [0.3, 0.4) is 0 Å². The van der Waals surface area contributed by atoms with E-state index in [2.05, 4.69) is 0 Å². The minimum atomic E-state index is -1.80. The Morgan fingerprint density at radius 2 is 2.00 bits per heavy atom. The number of aryl methyl sites for hydroxylation is 1. The van der Waals surface area contributed by atoms with E-state index in [0.717, 1.165) is 22.3 Å². The normalized spacial score (nSPS) is 17.5. The molecule has 1 N–H and O–H groups in total. The van der Waals surface area contributed by atoms with Gasteiger partial charge in [-0.2, -0.15) is 0 Å². The second kappa shape index (κ2) is 10.5. The third-order valence-corrected chi connectivity index (χ3v) is 9.40. The molecule has 0 spiro atoms. The summed E-state index contributed by atoms with van der Waals surface area (Å²) in [5.41, 5.74) is 2.21. The Bertz CT molecular complexity index is 1500. The van der Waals surface area contributed by atoms with Crippen LogP contribution in [0.2, 0.25) is 0 Å². The van der Waals surface area contributed by atoms with Gasteiger partial charge in [0.15, 0.2) is 0 Å². The van der Waals surface area contributed by atoms with Crippen LogP contribution in [0, 0.1) is 0 Å². The molecule has 9 nitrogen and oxygen atoms in total. The van der Waals surface area contributed by atoms with Crippen molar-refractivity contribution in [2.45, 2.75) is 52.4 Å². The van der Waals surface area contributed by atoms with E-state index < -0.39 is 17.7 Å². The molecule has 5 rings (SSSR count). The standard InChI is InChI=1S/C27H28N2O7S2/c1-4-16-17-11-15(30)7-8-21(17)28-23-18(16)13-29-22(23)12-20-19(24(29)31)14-35-25(32)27(20,5-2)36-26(33)34-9-10-38-37-6-3/h7-8,11-12,30H,4-6,9-10,13-14H2,1-3H3/t27-/m0/s1. The van der Waals surface area contributed by atoms with Crippen molar-refractivity contribution in [3.05, 3.63) is 56.9 Å². The number of ether oxygens (including phenoxy) is 3. The first-order valence-corrected chi connectivity index (χ1v) is 15.0. The van der Waals surface area contributed by atoms with Crippen LogP contribution in [-0.2, 0) is 44.2 Å². The third kappa shape index (κ3) is 4.31. The van der Waals surface area contributed by atoms with Crippen molar-refractivity contribution >= 4 is 44.6 Å². The van der Waals surface area contributed by atoms with E-state index in [4.69, 9.17) is 19.2 Å². The predicted molar refractivity (Wildman–Crippen MR) is 146 cm³/mol. The van der Waals surface area contributed by atoms with Gasteiger partial charge >= 0.3 is 12.1 Å². The van der Waals surface area contributed by atoms with Gasteiger partial charge in [0, 0.05) is 28.0 Å². The molecule has 4 heterocycles. The number of phenolic OH excluding ortho intramolecular Hbond substituents is 1. The van der Waals surface area contributed by atoms with Crippen LogP contribution >= 0.6 is 21.6 Å². The topological polar surface area (TPSA) is 117 Å². The molecule has 200 valence electrons. The molecule has 0 unspecified atom stereocenters. The van der Waals surface area contributed by atoms with E-state index >= 15 is 0 Å². The summed E-state index contributed by atoms with van der Waals surface area (Å²) in [5, 5.41) is 10.9. The zero-order valence-electron chi connectivity index (χ0n) is 21.4. The van der Waals surface area contributed by atoms with E-state index in [9.17, 15) is 19.5 Å². The fourth-order valence-corrected chi connectivity index (χ4v) is 6.68. The molecule has 0 bridgehead atoms. The molecule has 2 aromatic heterocycles. The number of benzene rings is 1. The zero-order valence-corrected chi connectivity index (χ0v) is 23.0. The summed E-state index contributed by atoms with van der Waals surface area (Å²) in [6.07, 6.45) is -0.246. The highest BCUT2D eigenvalue weighted by Gasteiger charge is 2.51. The van der Waals surface area contributed by atoms with E-state index in [1.165, 1.54) is 0 Å². The molecule has 0 saturated carbocycles. The number of pyridine rings is 2. The first-order chi connectivity index (χ1) is 18.3. The SMILES string of the molecule is CCSSCCOC(=O)O[C@]1(CC)C(=O)OCc2c1cc1n(c2=O)Cc2c-1nc1ccc(O)cc1c2CC. The lowest BCUT2D eigenvalue weighted by Crippen LogP contribution is -2.47. The van der Waals surface area contributed by atoms with Crippen molar-refractivity contribution in [1.29, 1.82) is 0 Å². The second-order valence-electron chi connectivity index (χ2n) is 8.97. The van der Waals surface area contributed by atoms with Gasteiger partial charge in [0.2, 0.25) is 5.60 Å². The molecule has 0 saturated heterocycles. The number of esters is 1. The van der Waals surface area contributed by atoms with Gasteiger partial charge in [-0.15, -0.1) is 0 Å². The number of fused-ring (bicyclic) bond motifs is 5. The Labute approximate surface area is 227 Å². The first-order valence-electron chi connectivity index (χ1n) is 12.5. The van der Waals surface area contributed by atoms with E-state index in [-0.39, 0.29) is 36.5 Å². The molecular weight excluding hydrogens is 528 g/mol. The summed E-state index contributed by atoms with van der Waals surface area (Å²) in [6, 6.07) is 6.73. The van der Waals surface area contributed by atoms with Gasteiger partial charge in [0.25, 0.3) is 5.56 Å². The van der Waals surface area contributed by atoms with Crippen LogP contribution in [0.4, 0.5) is 4.79 Å². The quantitative estimate of drug-likeness (QED) is 0.182. The second-order valence-corrected chi connectivity index (χ2v) is 11.8. The van der Waals surface area contributed by atoms with E-state index in [0.29, 0.717) is 41.2 Å². The molecule has 0 aliphatic carbocycles. The summed E-state index contributed by atoms with van der Waals surface area (Å²) in [6.45, 7) is 5.98. The van der Waals surface area contributed by atoms with Gasteiger partial charge in [0.1, 0.15) is 19.0 Å². The molecule has 0 fully saturated rings. The summed E-state index contributed by atoms with van der Waals surface area (Å²) in [4.78, 5) is 44.3. The number of hydrogen-bond donors (Lipinski definition) is 1. The minimum Gasteiger partial charge on any atom is -0.508 e. The van der Waals surface area contributed by atoms with Crippen LogP contribution in [0.1, 0.15) is 49.4 Å². The largest absolute Gasteiger partial charge is 0.509 e. The Balaban J connectivity index is 1.59. The van der Waals surface area contributed by atoms with Crippen molar-refractivity contribution in [2.24, 2.45) is 0 Å². The Hall–Kier alpha value is -3.18. The maximum Gasteiger partial charge on any atom is 0.509 e. The molecular formula is C27H28N2O7S2. The van der Waals surface area contributed by atoms with Gasteiger partial charge in [-0.05, 0) is 42.7 Å². The number of nitrogens with zero attached hydrogens (tertiary/aromatic N) is 2. The average molecular weight is 557 g/mol. The van der Waals surface area contributed by atoms with Gasteiger partial charge < -0.3 is 23.9 Å². The van der Waals surface area contributed by atoms with Gasteiger partial charge in [-0.3, -0.25) is 4.79 Å². The fourth-order valence-electron chi connectivity index (χ4n) is 5.18. The number of cyclic esters (lactones) is 1. The number of rotatable bonds is 8. The molecule has 38 heavy (non-hydrogen) atoms. The lowest BCUT2D eigenvalue weighted by Gasteiger charge is -2.35. The van der Waals surface area contributed by atoms with Crippen LogP contribution < -0.4 is 5.56 Å². The highest BCUT2D eigenvalue weighted by molar-refractivity contribution is 8.76. The predicted octanol–water partition coefficient (Wildman–Crippen LogP) is 4.91. The molecule has 1 aromatic carbocycles. The molecule has 2 aliphatic rings. The highest BCUT2D eigenvalue weighted by Crippen LogP contribution is 2.42. The lowest BCUT2D eigenvalue weighted by molar-refractivity contribution is -0.175. The van der Waals surface area contributed by atoms with Crippen molar-refractivity contribution in [3.63, 3.8) is 0 Å². The molecule has 3 aromatic rings. The number of carbonyl (C=O) groups is 2. The third-order valence-electron chi connectivity index (χ3n) is 6.96. The van der Waals surface area contributed by atoms with E-state index in [1.807, 2.05) is 13.8 Å². The molecule has 11 heteroatoms. The van der Waals surface area contributed by atoms with Gasteiger partial charge in [0.05, 0.1) is 29.0 Å². The number of hydrogen-bond acceptors (Lipinski definition) is 10. The number of aromatic hydroxyl groups is 1. The maximum atomic E-state index is 13.7. The number of phenols is 1. The summed E-state index contributed by atoms with van der Waals surface area (Å²) in [5.74, 6) is 0.926. The van der Waals surface area contributed by atoms with Crippen molar-refractivity contribution in [2.75, 3.05) is 18.1 Å². The Kier molecular flexibility index (Phi) is 7.32. The fraction of sp³-hybridized carbons (Fsp3) is 0.407. The maximum absolute atomic E-state index is 13.7. The summed E-state index contributed by atoms with van der Waals surface area (Å²) < 4.78 is 17.9. The van der Waals surface area contributed by atoms with Gasteiger partial charge in [-0.25, -0.2) is 14.6 Å². The molecule has 0 amide bonds. The van der Waals surface area contributed by atoms with Crippen molar-refractivity contribution in [1.82, 2.24) is 9.55 Å². The smallest absolute Gasteiger partial charge is 0.508 e. The Morgan fingerprint density at radius 1 is 1.18 bits per heavy atom. The molecule has 0 radical (unpaired) electrons. The summed E-state index contributed by atoms with van der Waals surface area (Å²) in [7, 11) is 3.23. The molecule has 1 atom stereocenters. The van der Waals surface area contributed by atoms with E-state index in [1.54, 1.807) is 57.3 Å². The van der Waals surface area contributed by atoms with Crippen LogP contribution in [-0.4, -0.2) is 44.9 Å². The Morgan fingerprint density at radius 3 is 2.74 bits per heavy atom. The van der Waals surface area contributed by atoms with Crippen molar-refractivity contribution in [3.8, 4) is 17.1 Å².